The van der Waals surface area contributed by atoms with Crippen LogP contribution >= 0.6 is 0 Å². The smallest absolute Gasteiger partial charge is 0.137 e. The Kier molecular flexibility index (Phi) is 3.31. The Morgan fingerprint density at radius 2 is 2.00 bits per heavy atom. The average Bonchev–Trinajstić information content (AvgIpc) is 3.14. The first-order valence-corrected chi connectivity index (χ1v) is 7.22. The molecule has 1 aromatic heterocycles. The summed E-state index contributed by atoms with van der Waals surface area (Å²) in [5, 5.41) is 9.30. The monoisotopic (exact) mass is 262 g/mol. The molecule has 5 nitrogen and oxygen atoms in total. The van der Waals surface area contributed by atoms with Crippen molar-refractivity contribution in [2.75, 3.05) is 23.8 Å². The normalized spacial score (nSPS) is 19.3. The summed E-state index contributed by atoms with van der Waals surface area (Å²) in [6, 6.07) is 0.507. The molecule has 0 spiro atoms. The molecule has 1 heterocycles. The number of nitrogen functional groups attached to an aromatic ring is 1. The van der Waals surface area contributed by atoms with Gasteiger partial charge in [-0.15, -0.1) is 0 Å². The SMILES string of the molecule is Cc1c(N)nc(C2CC2)nc1N(CCO)C1CCC1. The van der Waals surface area contributed by atoms with Gasteiger partial charge in [-0.1, -0.05) is 0 Å². The number of hydrogen-bond acceptors (Lipinski definition) is 5. The van der Waals surface area contributed by atoms with E-state index >= 15 is 0 Å². The molecule has 1 aromatic rings. The van der Waals surface area contributed by atoms with E-state index in [2.05, 4.69) is 9.88 Å². The van der Waals surface area contributed by atoms with E-state index in [1.54, 1.807) is 0 Å². The summed E-state index contributed by atoms with van der Waals surface area (Å²) in [6.45, 7) is 2.76. The molecule has 2 aliphatic rings. The van der Waals surface area contributed by atoms with Crippen molar-refractivity contribution in [1.29, 1.82) is 0 Å². The molecule has 0 atom stereocenters. The second-order valence-electron chi connectivity index (χ2n) is 5.69. The Balaban J connectivity index is 1.95. The minimum absolute atomic E-state index is 0.151. The zero-order chi connectivity index (χ0) is 13.4. The van der Waals surface area contributed by atoms with E-state index < -0.39 is 0 Å². The standard InChI is InChI=1S/C14H22N4O/c1-9-12(15)16-13(10-5-6-10)17-14(9)18(7-8-19)11-3-2-4-11/h10-11,19H,2-8H2,1H3,(H2,15,16,17). The van der Waals surface area contributed by atoms with Crippen molar-refractivity contribution >= 4 is 11.6 Å². The molecule has 0 aromatic carbocycles. The first-order chi connectivity index (χ1) is 9.20. The highest BCUT2D eigenvalue weighted by molar-refractivity contribution is 5.57. The van der Waals surface area contributed by atoms with Crippen LogP contribution in [0, 0.1) is 6.92 Å². The highest BCUT2D eigenvalue weighted by Gasteiger charge is 2.31. The molecule has 5 heteroatoms. The number of hydrogen-bond donors (Lipinski definition) is 2. The summed E-state index contributed by atoms with van der Waals surface area (Å²) in [6.07, 6.45) is 5.97. The number of aliphatic hydroxyl groups is 1. The van der Waals surface area contributed by atoms with Crippen LogP contribution in [0.3, 0.4) is 0 Å². The number of aromatic nitrogens is 2. The zero-order valence-electron chi connectivity index (χ0n) is 11.5. The molecular weight excluding hydrogens is 240 g/mol. The zero-order valence-corrected chi connectivity index (χ0v) is 11.5. The minimum Gasteiger partial charge on any atom is -0.395 e. The molecule has 0 amide bonds. The van der Waals surface area contributed by atoms with Crippen LogP contribution in [-0.2, 0) is 0 Å². The lowest BCUT2D eigenvalue weighted by atomic mass is 9.91. The van der Waals surface area contributed by atoms with Crippen LogP contribution in [0.15, 0.2) is 0 Å². The molecule has 2 saturated carbocycles. The number of anilines is 2. The summed E-state index contributed by atoms with van der Waals surface area (Å²) in [4.78, 5) is 11.4. The summed E-state index contributed by atoms with van der Waals surface area (Å²) in [5.41, 5.74) is 6.99. The van der Waals surface area contributed by atoms with Gasteiger partial charge in [-0.05, 0) is 39.0 Å². The summed E-state index contributed by atoms with van der Waals surface area (Å²) < 4.78 is 0. The number of rotatable bonds is 5. The average molecular weight is 262 g/mol. The van der Waals surface area contributed by atoms with E-state index in [9.17, 15) is 5.11 Å². The maximum absolute atomic E-state index is 9.30. The first kappa shape index (κ1) is 12.7. The van der Waals surface area contributed by atoms with Crippen LogP contribution < -0.4 is 10.6 Å². The number of nitrogens with two attached hydrogens (primary N) is 1. The molecule has 0 radical (unpaired) electrons. The number of aliphatic hydroxyl groups excluding tert-OH is 1. The van der Waals surface area contributed by atoms with Crippen LogP contribution in [0.1, 0.15) is 49.4 Å². The van der Waals surface area contributed by atoms with E-state index in [4.69, 9.17) is 10.7 Å². The van der Waals surface area contributed by atoms with E-state index in [1.165, 1.54) is 32.1 Å². The van der Waals surface area contributed by atoms with Crippen LogP contribution in [0.25, 0.3) is 0 Å². The summed E-state index contributed by atoms with van der Waals surface area (Å²) in [7, 11) is 0. The van der Waals surface area contributed by atoms with Crippen LogP contribution in [-0.4, -0.2) is 34.3 Å². The molecule has 3 N–H and O–H groups in total. The van der Waals surface area contributed by atoms with Gasteiger partial charge in [0.1, 0.15) is 17.5 Å². The highest BCUT2D eigenvalue weighted by atomic mass is 16.3. The maximum atomic E-state index is 9.30. The largest absolute Gasteiger partial charge is 0.395 e. The fraction of sp³-hybridized carbons (Fsp3) is 0.714. The lowest BCUT2D eigenvalue weighted by molar-refractivity contribution is 0.282. The fourth-order valence-corrected chi connectivity index (χ4v) is 2.61. The van der Waals surface area contributed by atoms with E-state index in [1.807, 2.05) is 6.92 Å². The van der Waals surface area contributed by atoms with Gasteiger partial charge in [0, 0.05) is 24.1 Å². The minimum atomic E-state index is 0.151. The van der Waals surface area contributed by atoms with Gasteiger partial charge in [-0.25, -0.2) is 9.97 Å². The summed E-state index contributed by atoms with van der Waals surface area (Å²) >= 11 is 0. The maximum Gasteiger partial charge on any atom is 0.137 e. The summed E-state index contributed by atoms with van der Waals surface area (Å²) in [5.74, 6) is 2.92. The van der Waals surface area contributed by atoms with Gasteiger partial charge in [0.25, 0.3) is 0 Å². The molecule has 0 unspecified atom stereocenters. The molecule has 0 saturated heterocycles. The van der Waals surface area contributed by atoms with E-state index in [-0.39, 0.29) is 6.61 Å². The molecular formula is C14H22N4O. The van der Waals surface area contributed by atoms with Crippen molar-refractivity contribution in [3.63, 3.8) is 0 Å². The van der Waals surface area contributed by atoms with Crippen LogP contribution in [0.4, 0.5) is 11.6 Å². The molecule has 2 aliphatic carbocycles. The molecule has 0 bridgehead atoms. The predicted octanol–water partition coefficient (Wildman–Crippen LogP) is 1.60. The van der Waals surface area contributed by atoms with Gasteiger partial charge >= 0.3 is 0 Å². The molecule has 3 rings (SSSR count). The third-order valence-electron chi connectivity index (χ3n) is 4.25. The van der Waals surface area contributed by atoms with E-state index in [0.717, 1.165) is 17.2 Å². The quantitative estimate of drug-likeness (QED) is 0.843. The topological polar surface area (TPSA) is 75.3 Å². The third-order valence-corrected chi connectivity index (χ3v) is 4.25. The molecule has 104 valence electrons. The van der Waals surface area contributed by atoms with Gasteiger partial charge in [-0.2, -0.15) is 0 Å². The van der Waals surface area contributed by atoms with Crippen LogP contribution in [0.2, 0.25) is 0 Å². The molecule has 19 heavy (non-hydrogen) atoms. The number of nitrogens with zero attached hydrogens (tertiary/aromatic N) is 3. The Morgan fingerprint density at radius 3 is 2.53 bits per heavy atom. The second kappa shape index (κ2) is 4.96. The second-order valence-corrected chi connectivity index (χ2v) is 5.69. The van der Waals surface area contributed by atoms with Gasteiger partial charge < -0.3 is 15.7 Å². The Hall–Kier alpha value is -1.36. The highest BCUT2D eigenvalue weighted by Crippen LogP contribution is 2.40. The lowest BCUT2D eigenvalue weighted by Crippen LogP contribution is -2.43. The van der Waals surface area contributed by atoms with Crippen molar-refractivity contribution in [3.05, 3.63) is 11.4 Å². The van der Waals surface area contributed by atoms with Gasteiger partial charge in [0.05, 0.1) is 6.61 Å². The predicted molar refractivity (Wildman–Crippen MR) is 75.2 cm³/mol. The van der Waals surface area contributed by atoms with Crippen molar-refractivity contribution in [2.24, 2.45) is 0 Å². The van der Waals surface area contributed by atoms with Gasteiger partial charge in [0.2, 0.25) is 0 Å². The third kappa shape index (κ3) is 2.39. The van der Waals surface area contributed by atoms with Crippen LogP contribution in [0.5, 0.6) is 0 Å². The lowest BCUT2D eigenvalue weighted by Gasteiger charge is -2.39. The van der Waals surface area contributed by atoms with Gasteiger partial charge in [0.15, 0.2) is 0 Å². The Bertz CT molecular complexity index is 469. The van der Waals surface area contributed by atoms with Crippen molar-refractivity contribution in [3.8, 4) is 0 Å². The fourth-order valence-electron chi connectivity index (χ4n) is 2.61. The van der Waals surface area contributed by atoms with Gasteiger partial charge in [-0.3, -0.25) is 0 Å². The van der Waals surface area contributed by atoms with Crippen molar-refractivity contribution in [2.45, 2.75) is 51.0 Å². The Labute approximate surface area is 113 Å². The molecule has 2 fully saturated rings. The Morgan fingerprint density at radius 1 is 1.26 bits per heavy atom. The van der Waals surface area contributed by atoms with Crippen molar-refractivity contribution in [1.82, 2.24) is 9.97 Å². The van der Waals surface area contributed by atoms with E-state index in [0.29, 0.717) is 24.3 Å². The molecule has 0 aliphatic heterocycles. The van der Waals surface area contributed by atoms with Crippen molar-refractivity contribution < 1.29 is 5.11 Å². The first-order valence-electron chi connectivity index (χ1n) is 7.22.